The van der Waals surface area contributed by atoms with Gasteiger partial charge in [-0.1, -0.05) is 24.3 Å². The number of aromatic nitrogens is 3. The molecule has 10 heteroatoms. The van der Waals surface area contributed by atoms with Gasteiger partial charge in [0.2, 0.25) is 0 Å². The van der Waals surface area contributed by atoms with Crippen LogP contribution in [-0.2, 0) is 12.0 Å². The Bertz CT molecular complexity index is 1270. The molecule has 0 aliphatic carbocycles. The second-order valence-electron chi connectivity index (χ2n) is 7.40. The minimum atomic E-state index is -4.79. The molecule has 0 bridgehead atoms. The first-order chi connectivity index (χ1) is 16.1. The molecule has 174 valence electrons. The van der Waals surface area contributed by atoms with Crippen molar-refractivity contribution in [2.24, 2.45) is 0 Å². The summed E-state index contributed by atoms with van der Waals surface area (Å²) in [7, 11) is 0. The third kappa shape index (κ3) is 5.18. The number of benzene rings is 2. The fourth-order valence-corrected chi connectivity index (χ4v) is 3.45. The van der Waals surface area contributed by atoms with Gasteiger partial charge in [0.1, 0.15) is 29.3 Å². The van der Waals surface area contributed by atoms with Gasteiger partial charge in [0.15, 0.2) is 0 Å². The maximum absolute atomic E-state index is 14.3. The highest BCUT2D eigenvalue weighted by Crippen LogP contribution is 2.34. The summed E-state index contributed by atoms with van der Waals surface area (Å²) in [6.07, 6.45) is 0.352. The van der Waals surface area contributed by atoms with E-state index in [1.165, 1.54) is 61.3 Å². The Hall–Kier alpha value is -3.92. The van der Waals surface area contributed by atoms with Crippen LogP contribution >= 0.6 is 0 Å². The summed E-state index contributed by atoms with van der Waals surface area (Å²) < 4.78 is 68.6. The number of hydrogen-bond acceptors (Lipinski definition) is 5. The average molecular weight is 473 g/mol. The molecule has 1 unspecified atom stereocenters. The van der Waals surface area contributed by atoms with Crippen molar-refractivity contribution in [3.63, 3.8) is 0 Å². The lowest BCUT2D eigenvalue weighted by Gasteiger charge is -2.28. The van der Waals surface area contributed by atoms with E-state index in [9.17, 15) is 27.1 Å². The minimum Gasteiger partial charge on any atom is -0.406 e. The zero-order valence-electron chi connectivity index (χ0n) is 17.3. The van der Waals surface area contributed by atoms with Gasteiger partial charge in [0.25, 0.3) is 0 Å². The van der Waals surface area contributed by atoms with Gasteiger partial charge in [-0.3, -0.25) is 4.98 Å². The van der Waals surface area contributed by atoms with Crippen molar-refractivity contribution in [3.8, 4) is 16.9 Å². The SMILES string of the molecule is OC(Cc1ccc(F)cc1F)(c1cncnc1)c1ccc(-c2ccc(OC(F)(F)F)cc2)cn1. The van der Waals surface area contributed by atoms with E-state index in [0.29, 0.717) is 11.1 Å². The van der Waals surface area contributed by atoms with Crippen LogP contribution in [0.15, 0.2) is 79.5 Å². The van der Waals surface area contributed by atoms with Crippen LogP contribution in [0, 0.1) is 11.6 Å². The van der Waals surface area contributed by atoms with E-state index in [2.05, 4.69) is 19.7 Å². The van der Waals surface area contributed by atoms with Crippen LogP contribution in [0.4, 0.5) is 22.0 Å². The first-order valence-electron chi connectivity index (χ1n) is 9.88. The quantitative estimate of drug-likeness (QED) is 0.390. The molecule has 5 nitrogen and oxygen atoms in total. The molecular formula is C24H16F5N3O2. The molecule has 0 radical (unpaired) electrons. The maximum Gasteiger partial charge on any atom is 0.573 e. The van der Waals surface area contributed by atoms with Crippen LogP contribution in [0.25, 0.3) is 11.1 Å². The van der Waals surface area contributed by atoms with E-state index in [-0.39, 0.29) is 29.0 Å². The fraction of sp³-hybridized carbons (Fsp3) is 0.125. The van der Waals surface area contributed by atoms with Crippen LogP contribution in [0.5, 0.6) is 5.75 Å². The van der Waals surface area contributed by atoms with Crippen molar-refractivity contribution in [3.05, 3.63) is 108 Å². The fourth-order valence-electron chi connectivity index (χ4n) is 3.45. The Morgan fingerprint density at radius 2 is 1.50 bits per heavy atom. The molecule has 2 aromatic heterocycles. The highest BCUT2D eigenvalue weighted by atomic mass is 19.4. The molecule has 0 aliphatic heterocycles. The van der Waals surface area contributed by atoms with Gasteiger partial charge in [0, 0.05) is 42.2 Å². The monoisotopic (exact) mass is 473 g/mol. The summed E-state index contributed by atoms with van der Waals surface area (Å²) in [5.74, 6) is -1.93. The van der Waals surface area contributed by atoms with Gasteiger partial charge in [-0.2, -0.15) is 0 Å². The van der Waals surface area contributed by atoms with Crippen LogP contribution in [-0.4, -0.2) is 26.4 Å². The molecule has 0 aliphatic rings. The molecule has 4 rings (SSSR count). The molecule has 34 heavy (non-hydrogen) atoms. The van der Waals surface area contributed by atoms with Gasteiger partial charge in [0.05, 0.1) is 5.69 Å². The van der Waals surface area contributed by atoms with Crippen LogP contribution in [0.1, 0.15) is 16.8 Å². The number of hydrogen-bond donors (Lipinski definition) is 1. The van der Waals surface area contributed by atoms with Gasteiger partial charge in [-0.15, -0.1) is 13.2 Å². The first-order valence-corrected chi connectivity index (χ1v) is 9.88. The topological polar surface area (TPSA) is 68.1 Å². The highest BCUT2D eigenvalue weighted by Gasteiger charge is 2.35. The molecule has 2 aromatic carbocycles. The number of halogens is 5. The Balaban J connectivity index is 1.66. The molecule has 1 atom stereocenters. The zero-order valence-corrected chi connectivity index (χ0v) is 17.3. The lowest BCUT2D eigenvalue weighted by atomic mass is 9.85. The highest BCUT2D eigenvalue weighted by molar-refractivity contribution is 5.63. The summed E-state index contributed by atoms with van der Waals surface area (Å²) in [5.41, 5.74) is -0.284. The van der Waals surface area contributed by atoms with E-state index < -0.39 is 23.6 Å². The predicted octanol–water partition coefficient (Wildman–Crippen LogP) is 5.19. The van der Waals surface area contributed by atoms with Crippen molar-refractivity contribution >= 4 is 0 Å². The predicted molar refractivity (Wildman–Crippen MR) is 111 cm³/mol. The maximum atomic E-state index is 14.3. The van der Waals surface area contributed by atoms with Crippen molar-refractivity contribution in [2.75, 3.05) is 0 Å². The number of nitrogens with zero attached hydrogens (tertiary/aromatic N) is 3. The first kappa shape index (κ1) is 23.2. The zero-order chi connectivity index (χ0) is 24.3. The molecule has 4 aromatic rings. The van der Waals surface area contributed by atoms with Crippen molar-refractivity contribution in [1.82, 2.24) is 15.0 Å². The Labute approximate surface area is 190 Å². The smallest absolute Gasteiger partial charge is 0.406 e. The van der Waals surface area contributed by atoms with E-state index in [1.54, 1.807) is 6.07 Å². The van der Waals surface area contributed by atoms with Gasteiger partial charge < -0.3 is 9.84 Å². The number of alkyl halides is 3. The molecule has 2 heterocycles. The van der Waals surface area contributed by atoms with Crippen molar-refractivity contribution < 1.29 is 31.8 Å². The standard InChI is InChI=1S/C24H16F5N3O2/c25-19-5-1-16(21(26)9-19)10-23(33,18-12-30-14-31-13-18)22-8-4-17(11-32-22)15-2-6-20(7-3-15)34-24(27,28)29/h1-9,11-14,33H,10H2. The van der Waals surface area contributed by atoms with E-state index in [4.69, 9.17) is 0 Å². The normalized spacial score (nSPS) is 13.4. The molecule has 0 spiro atoms. The van der Waals surface area contributed by atoms with Crippen LogP contribution in [0.3, 0.4) is 0 Å². The van der Waals surface area contributed by atoms with Gasteiger partial charge in [-0.05, 0) is 35.4 Å². The third-order valence-corrected chi connectivity index (χ3v) is 5.11. The Morgan fingerprint density at radius 3 is 2.09 bits per heavy atom. The van der Waals surface area contributed by atoms with Crippen LogP contribution < -0.4 is 4.74 Å². The van der Waals surface area contributed by atoms with E-state index >= 15 is 0 Å². The molecule has 0 saturated heterocycles. The second kappa shape index (κ2) is 9.14. The lowest BCUT2D eigenvalue weighted by Crippen LogP contribution is -2.32. The largest absolute Gasteiger partial charge is 0.573 e. The molecular weight excluding hydrogens is 457 g/mol. The summed E-state index contributed by atoms with van der Waals surface area (Å²) in [5, 5.41) is 11.6. The number of ether oxygens (including phenoxy) is 1. The summed E-state index contributed by atoms with van der Waals surface area (Å²) >= 11 is 0. The third-order valence-electron chi connectivity index (χ3n) is 5.11. The van der Waals surface area contributed by atoms with E-state index in [1.807, 2.05) is 0 Å². The van der Waals surface area contributed by atoms with Crippen LogP contribution in [0.2, 0.25) is 0 Å². The van der Waals surface area contributed by atoms with Crippen molar-refractivity contribution in [2.45, 2.75) is 18.4 Å². The lowest BCUT2D eigenvalue weighted by molar-refractivity contribution is -0.274. The van der Waals surface area contributed by atoms with Gasteiger partial charge >= 0.3 is 6.36 Å². The molecule has 0 amide bonds. The van der Waals surface area contributed by atoms with E-state index in [0.717, 1.165) is 12.1 Å². The molecule has 0 saturated carbocycles. The van der Waals surface area contributed by atoms with Gasteiger partial charge in [-0.25, -0.2) is 18.7 Å². The Kier molecular flexibility index (Phi) is 6.25. The molecule has 0 fully saturated rings. The Morgan fingerprint density at radius 1 is 0.824 bits per heavy atom. The summed E-state index contributed by atoms with van der Waals surface area (Å²) in [6, 6.07) is 11.4. The number of pyridine rings is 1. The summed E-state index contributed by atoms with van der Waals surface area (Å²) in [4.78, 5) is 12.1. The average Bonchev–Trinajstić information content (AvgIpc) is 2.81. The number of rotatable bonds is 6. The number of aliphatic hydroxyl groups is 1. The minimum absolute atomic E-state index is 0.0545. The molecule has 1 N–H and O–H groups in total. The van der Waals surface area contributed by atoms with Crippen molar-refractivity contribution in [1.29, 1.82) is 0 Å². The summed E-state index contributed by atoms with van der Waals surface area (Å²) in [6.45, 7) is 0. The second-order valence-corrected chi connectivity index (χ2v) is 7.40.